The maximum Gasteiger partial charge on any atom is 0.319 e. The molecule has 4 aromatic carbocycles. The topological polar surface area (TPSA) is 182 Å². The molecule has 418 valence electrons. The number of benzene rings is 4. The van der Waals surface area contributed by atoms with E-state index in [1.54, 1.807) is 11.2 Å². The van der Waals surface area contributed by atoms with Gasteiger partial charge in [0.1, 0.15) is 0 Å². The Hall–Kier alpha value is -6.92. The smallest absolute Gasteiger partial charge is 0.319 e. The summed E-state index contributed by atoms with van der Waals surface area (Å²) < 4.78 is 49.2. The van der Waals surface area contributed by atoms with Crippen LogP contribution in [0.2, 0.25) is 0 Å². The number of fused-ring (bicyclic) bond motifs is 4. The van der Waals surface area contributed by atoms with Gasteiger partial charge in [0, 0.05) is 152 Å². The van der Waals surface area contributed by atoms with E-state index in [1.807, 2.05) is 65.1 Å². The molecule has 0 atom stereocenters. The first-order chi connectivity index (χ1) is 38.0. The van der Waals surface area contributed by atoms with Gasteiger partial charge in [0.05, 0.1) is 12.5 Å². The summed E-state index contributed by atoms with van der Waals surface area (Å²) in [6.45, 7) is 14.9. The number of likely N-dealkylation sites (tertiary alicyclic amines) is 1. The third-order valence-corrected chi connectivity index (χ3v) is 18.8. The van der Waals surface area contributed by atoms with Gasteiger partial charge in [-0.3, -0.25) is 4.79 Å². The second-order valence-electron chi connectivity index (χ2n) is 21.3. The minimum Gasteiger partial charge on any atom is -0.361 e. The van der Waals surface area contributed by atoms with Crippen molar-refractivity contribution in [1.82, 2.24) is 43.2 Å². The molecule has 0 spiro atoms. The quantitative estimate of drug-likeness (QED) is 0.117. The van der Waals surface area contributed by atoms with E-state index in [2.05, 4.69) is 118 Å². The molecule has 0 saturated carbocycles. The van der Waals surface area contributed by atoms with Crippen molar-refractivity contribution in [2.75, 3.05) is 78.0 Å². The summed E-state index contributed by atoms with van der Waals surface area (Å²) in [4.78, 5) is 42.8. The van der Waals surface area contributed by atoms with E-state index in [-0.39, 0.29) is 11.9 Å². The number of piperidine rings is 2. The highest BCUT2D eigenvalue weighted by atomic mass is 32.2. The van der Waals surface area contributed by atoms with E-state index in [0.29, 0.717) is 38.0 Å². The zero-order chi connectivity index (χ0) is 55.8. The van der Waals surface area contributed by atoms with Crippen LogP contribution in [0.15, 0.2) is 128 Å². The van der Waals surface area contributed by atoms with Crippen LogP contribution in [0.5, 0.6) is 0 Å². The number of aromatic nitrogens is 4. The second-order valence-corrected chi connectivity index (χ2v) is 25.2. The number of para-hydroxylation sites is 3. The molecule has 8 heterocycles. The van der Waals surface area contributed by atoms with Crippen LogP contribution in [-0.4, -0.2) is 150 Å². The lowest BCUT2D eigenvalue weighted by atomic mass is 9.89. The average Bonchev–Trinajstić information content (AvgIpc) is 4.37. The van der Waals surface area contributed by atoms with E-state index in [9.17, 15) is 26.4 Å². The Morgan fingerprint density at radius 3 is 1.47 bits per heavy atom. The number of sulfonamides is 2. The minimum absolute atomic E-state index is 0.157. The van der Waals surface area contributed by atoms with E-state index in [1.165, 1.54) is 93.9 Å². The van der Waals surface area contributed by atoms with Crippen LogP contribution < -0.4 is 0 Å². The molecule has 4 aromatic heterocycles. The van der Waals surface area contributed by atoms with E-state index >= 15 is 0 Å². The third kappa shape index (κ3) is 13.4. The van der Waals surface area contributed by atoms with Gasteiger partial charge in [-0.25, -0.2) is 25.9 Å². The molecule has 4 aliphatic rings. The van der Waals surface area contributed by atoms with Crippen molar-refractivity contribution in [2.45, 2.75) is 78.1 Å². The van der Waals surface area contributed by atoms with Crippen LogP contribution in [0.4, 0.5) is 4.79 Å². The monoisotopic (exact) mass is 1110 g/mol. The van der Waals surface area contributed by atoms with Gasteiger partial charge in [-0.2, -0.15) is 4.31 Å². The Kier molecular flexibility index (Phi) is 18.0. The Bertz CT molecular complexity index is 3700. The molecule has 4 aliphatic heterocycles. The first-order valence-corrected chi connectivity index (χ1v) is 31.5. The van der Waals surface area contributed by atoms with Gasteiger partial charge < -0.3 is 34.6 Å². The number of carbonyl (C=O) groups excluding carboxylic acids is 2. The van der Waals surface area contributed by atoms with E-state index in [4.69, 9.17) is 0 Å². The molecule has 2 saturated heterocycles. The number of H-pyrrole nitrogens is 4. The van der Waals surface area contributed by atoms with Gasteiger partial charge in [-0.1, -0.05) is 78.9 Å². The number of carbonyl (C=O) groups is 2. The zero-order valence-corrected chi connectivity index (χ0v) is 48.2. The van der Waals surface area contributed by atoms with Crippen molar-refractivity contribution in [1.29, 1.82) is 0 Å². The molecular weight excluding hydrogens is 1030 g/mol. The van der Waals surface area contributed by atoms with Crippen LogP contribution in [0.1, 0.15) is 98.9 Å². The molecule has 0 unspecified atom stereocenters. The van der Waals surface area contributed by atoms with Crippen molar-refractivity contribution in [3.8, 4) is 0 Å². The number of rotatable bonds is 8. The Morgan fingerprint density at radius 1 is 0.532 bits per heavy atom. The van der Waals surface area contributed by atoms with Gasteiger partial charge in [0.15, 0.2) is 0 Å². The number of hydrogen-bond acceptors (Lipinski definition) is 6. The Morgan fingerprint density at radius 2 is 0.987 bits per heavy atom. The highest BCUT2D eigenvalue weighted by molar-refractivity contribution is 7.88. The molecule has 4 N–H and O–H groups in total. The SMILES string of the molecule is CC(=O)N1CC=C(c2c[nH]c3ccccc23)CC1.CCN(CC)C(=O)N1CCC(c2c[nH]c3ccccc23)CC1.CS(=O)(=O)N1CC=C(c2c[nH]c3ccccc23)CC1.Cc1ccc2c(C3CCN(S(C)(=O)=O)CC3)c[nH]c2c1. The lowest BCUT2D eigenvalue weighted by Gasteiger charge is -2.35. The first-order valence-electron chi connectivity index (χ1n) is 27.8. The number of aromatic amines is 4. The molecule has 3 amide bonds. The molecule has 8 aromatic rings. The second kappa shape index (κ2) is 25.0. The lowest BCUT2D eigenvalue weighted by molar-refractivity contribution is -0.128. The van der Waals surface area contributed by atoms with Crippen LogP contribution in [0, 0.1) is 6.92 Å². The van der Waals surface area contributed by atoms with Crippen LogP contribution >= 0.6 is 0 Å². The van der Waals surface area contributed by atoms with Crippen molar-refractivity contribution in [2.24, 2.45) is 0 Å². The Labute approximate surface area is 465 Å². The lowest BCUT2D eigenvalue weighted by Crippen LogP contribution is -2.46. The van der Waals surface area contributed by atoms with E-state index < -0.39 is 20.0 Å². The summed E-state index contributed by atoms with van der Waals surface area (Å²) in [5.74, 6) is 1.16. The fourth-order valence-electron chi connectivity index (χ4n) is 11.7. The van der Waals surface area contributed by atoms with Crippen LogP contribution in [0.3, 0.4) is 0 Å². The first kappa shape index (κ1) is 56.8. The van der Waals surface area contributed by atoms with Gasteiger partial charge in [-0.05, 0) is 123 Å². The maximum atomic E-state index is 12.4. The predicted octanol–water partition coefficient (Wildman–Crippen LogP) is 11.4. The van der Waals surface area contributed by atoms with Crippen molar-refractivity contribution in [3.05, 3.63) is 156 Å². The summed E-state index contributed by atoms with van der Waals surface area (Å²) in [7, 11) is -6.12. The number of nitrogens with one attached hydrogen (secondary N) is 4. The molecule has 15 nitrogen and oxygen atoms in total. The van der Waals surface area contributed by atoms with Gasteiger partial charge in [-0.15, -0.1) is 0 Å². The summed E-state index contributed by atoms with van der Waals surface area (Å²) in [5, 5.41) is 5.06. The predicted molar refractivity (Wildman–Crippen MR) is 322 cm³/mol. The highest BCUT2D eigenvalue weighted by Gasteiger charge is 2.29. The summed E-state index contributed by atoms with van der Waals surface area (Å²) in [5.41, 5.74) is 13.7. The molecule has 79 heavy (non-hydrogen) atoms. The normalized spacial score (nSPS) is 17.1. The molecular formula is C62H77N9O6S2. The van der Waals surface area contributed by atoms with E-state index in [0.717, 1.165) is 83.3 Å². The fraction of sp³-hybridized carbons (Fsp3) is 0.387. The molecule has 17 heteroatoms. The zero-order valence-electron chi connectivity index (χ0n) is 46.6. The average molecular weight is 1110 g/mol. The highest BCUT2D eigenvalue weighted by Crippen LogP contribution is 2.36. The van der Waals surface area contributed by atoms with Crippen molar-refractivity contribution < 1.29 is 26.4 Å². The third-order valence-electron chi connectivity index (χ3n) is 16.3. The van der Waals surface area contributed by atoms with Crippen molar-refractivity contribution >= 4 is 86.7 Å². The number of aryl methyl sites for hydroxylation is 1. The fourth-order valence-corrected chi connectivity index (χ4v) is 13.3. The number of hydrogen-bond donors (Lipinski definition) is 4. The standard InChI is InChI=1S/C18H25N3O.C15H20N2O2S.C15H16N2O.C14H16N2O2S/c1-3-20(4-2)18(22)21-11-9-14(10-12-21)16-13-19-17-8-6-5-7-15(16)17;1-11-3-4-13-14(10-16-15(13)9-11)12-5-7-17(8-6-12)20(2,18)19;1-11(18)17-8-6-12(7-9-17)14-10-16-15-5-3-2-4-13(14)15;1-19(17,18)16-8-6-11(7-9-16)13-10-15-14-5-3-2-4-12(13)14/h5-8,13-14,19H,3-4,9-12H2,1-2H3;3-4,9-10,12,16H,5-8H2,1-2H3;2-6,10,16H,7-9H2,1H3;2-6,10,15H,7-9H2,1H3. The summed E-state index contributed by atoms with van der Waals surface area (Å²) >= 11 is 0. The molecule has 0 radical (unpaired) electrons. The molecule has 2 fully saturated rings. The Balaban J connectivity index is 0.000000128. The maximum absolute atomic E-state index is 12.4. The van der Waals surface area contributed by atoms with Gasteiger partial charge >= 0.3 is 6.03 Å². The molecule has 0 aliphatic carbocycles. The summed E-state index contributed by atoms with van der Waals surface area (Å²) in [6.07, 6.45) is 20.6. The molecule has 0 bridgehead atoms. The molecule has 12 rings (SSSR count). The van der Waals surface area contributed by atoms with Crippen molar-refractivity contribution in [3.63, 3.8) is 0 Å². The minimum atomic E-state index is -3.08. The largest absolute Gasteiger partial charge is 0.361 e. The summed E-state index contributed by atoms with van der Waals surface area (Å²) in [6, 6.07) is 31.6. The number of amides is 3. The van der Waals surface area contributed by atoms with Crippen LogP contribution in [-0.2, 0) is 24.8 Å². The van der Waals surface area contributed by atoms with Gasteiger partial charge in [0.2, 0.25) is 26.0 Å². The number of urea groups is 1. The number of nitrogens with zero attached hydrogens (tertiary/aromatic N) is 5. The van der Waals surface area contributed by atoms with Crippen LogP contribution in [0.25, 0.3) is 54.8 Å². The van der Waals surface area contributed by atoms with Gasteiger partial charge in [0.25, 0.3) is 0 Å².